The van der Waals surface area contributed by atoms with Crippen LogP contribution in [-0.4, -0.2) is 4.90 Å². The van der Waals surface area contributed by atoms with Gasteiger partial charge in [0.1, 0.15) is 0 Å². The van der Waals surface area contributed by atoms with Crippen molar-refractivity contribution in [1.82, 2.24) is 4.90 Å². The first-order valence-electron chi connectivity index (χ1n) is 5.72. The minimum Gasteiger partial charge on any atom is -0.398 e. The van der Waals surface area contributed by atoms with Gasteiger partial charge in [0.05, 0.1) is 6.04 Å². The maximum atomic E-state index is 6.09. The van der Waals surface area contributed by atoms with Crippen LogP contribution < -0.4 is 5.73 Å². The highest BCUT2D eigenvalue weighted by Gasteiger charge is 2.19. The van der Waals surface area contributed by atoms with E-state index in [1.165, 1.54) is 5.56 Å². The molecule has 1 aromatic carbocycles. The summed E-state index contributed by atoms with van der Waals surface area (Å²) >= 11 is 0. The second kappa shape index (κ2) is 3.98. The molecular weight excluding hydrogens is 208 g/mol. The molecule has 1 atom stereocenters. The molecule has 0 spiro atoms. The van der Waals surface area contributed by atoms with Crippen LogP contribution in [0.2, 0.25) is 0 Å². The Hall–Kier alpha value is -2.22. The van der Waals surface area contributed by atoms with Gasteiger partial charge >= 0.3 is 0 Å². The van der Waals surface area contributed by atoms with Crippen LogP contribution in [0.25, 0.3) is 5.70 Å². The molecule has 0 aromatic heterocycles. The molecule has 0 saturated heterocycles. The van der Waals surface area contributed by atoms with Crippen molar-refractivity contribution in [2.24, 2.45) is 5.73 Å². The van der Waals surface area contributed by atoms with E-state index in [9.17, 15) is 0 Å². The maximum absolute atomic E-state index is 6.09. The van der Waals surface area contributed by atoms with E-state index in [0.29, 0.717) is 0 Å². The van der Waals surface area contributed by atoms with E-state index in [2.05, 4.69) is 41.5 Å². The fourth-order valence-corrected chi connectivity index (χ4v) is 2.27. The summed E-state index contributed by atoms with van der Waals surface area (Å²) in [7, 11) is 0. The number of allylic oxidation sites excluding steroid dienone is 4. The summed E-state index contributed by atoms with van der Waals surface area (Å²) in [6, 6.07) is 8.53. The summed E-state index contributed by atoms with van der Waals surface area (Å²) in [6.45, 7) is 0. The molecule has 2 heterocycles. The Morgan fingerprint density at radius 2 is 1.82 bits per heavy atom. The fraction of sp³-hybridized carbons (Fsp3) is 0.0667. The summed E-state index contributed by atoms with van der Waals surface area (Å²) < 4.78 is 0. The van der Waals surface area contributed by atoms with Crippen molar-refractivity contribution < 1.29 is 0 Å². The summed E-state index contributed by atoms with van der Waals surface area (Å²) in [4.78, 5) is 2.18. The van der Waals surface area contributed by atoms with Gasteiger partial charge in [0.25, 0.3) is 0 Å². The maximum Gasteiger partial charge on any atom is 0.0773 e. The zero-order valence-electron chi connectivity index (χ0n) is 9.45. The Bertz CT molecular complexity index is 550. The molecule has 2 N–H and O–H groups in total. The van der Waals surface area contributed by atoms with E-state index in [1.807, 2.05) is 30.5 Å². The number of hydrogen-bond donors (Lipinski definition) is 1. The van der Waals surface area contributed by atoms with E-state index < -0.39 is 0 Å². The van der Waals surface area contributed by atoms with Crippen LogP contribution >= 0.6 is 0 Å². The van der Waals surface area contributed by atoms with E-state index in [0.717, 1.165) is 11.3 Å². The molecule has 0 amide bonds. The van der Waals surface area contributed by atoms with Crippen LogP contribution in [0.1, 0.15) is 17.2 Å². The van der Waals surface area contributed by atoms with Gasteiger partial charge < -0.3 is 10.6 Å². The van der Waals surface area contributed by atoms with Crippen LogP contribution in [0.15, 0.2) is 67.0 Å². The minimum atomic E-state index is 0.236. The monoisotopic (exact) mass is 222 g/mol. The number of nitrogens with zero attached hydrogens (tertiary/aromatic N) is 1. The Labute approximate surface area is 101 Å². The highest BCUT2D eigenvalue weighted by atomic mass is 15.1. The second-order valence-electron chi connectivity index (χ2n) is 4.17. The quantitative estimate of drug-likeness (QED) is 0.731. The topological polar surface area (TPSA) is 29.3 Å². The van der Waals surface area contributed by atoms with Gasteiger partial charge in [-0.3, -0.25) is 0 Å². The summed E-state index contributed by atoms with van der Waals surface area (Å²) in [5.41, 5.74) is 9.27. The Morgan fingerprint density at radius 1 is 1.00 bits per heavy atom. The van der Waals surface area contributed by atoms with Gasteiger partial charge in [0.15, 0.2) is 0 Å². The molecule has 0 bridgehead atoms. The molecule has 2 heteroatoms. The Kier molecular flexibility index (Phi) is 2.33. The molecule has 1 unspecified atom stereocenters. The van der Waals surface area contributed by atoms with Crippen molar-refractivity contribution in [1.29, 1.82) is 0 Å². The molecule has 3 rings (SSSR count). The molecule has 2 aliphatic heterocycles. The summed E-state index contributed by atoms with van der Waals surface area (Å²) in [5.74, 6) is 0. The third-order valence-corrected chi connectivity index (χ3v) is 3.11. The number of rotatable bonds is 0. The number of benzene rings is 1. The third-order valence-electron chi connectivity index (χ3n) is 3.11. The second-order valence-corrected chi connectivity index (χ2v) is 4.17. The molecule has 84 valence electrons. The van der Waals surface area contributed by atoms with Gasteiger partial charge in [-0.05, 0) is 23.8 Å². The SMILES string of the molecule is N/C1=C/C=C\N2C=CC=CC2c2ccccc21. The lowest BCUT2D eigenvalue weighted by Gasteiger charge is -2.30. The first-order chi connectivity index (χ1) is 8.36. The van der Waals surface area contributed by atoms with E-state index in [1.54, 1.807) is 0 Å². The lowest BCUT2D eigenvalue weighted by Crippen LogP contribution is -2.20. The first-order valence-corrected chi connectivity index (χ1v) is 5.72. The highest BCUT2D eigenvalue weighted by Crippen LogP contribution is 2.31. The fourth-order valence-electron chi connectivity index (χ4n) is 2.27. The average Bonchev–Trinajstić information content (AvgIpc) is 2.37. The molecule has 0 fully saturated rings. The largest absolute Gasteiger partial charge is 0.398 e. The van der Waals surface area contributed by atoms with Crippen LogP contribution in [0.4, 0.5) is 0 Å². The lowest BCUT2D eigenvalue weighted by molar-refractivity contribution is 0.432. The number of nitrogens with two attached hydrogens (primary N) is 1. The molecule has 0 radical (unpaired) electrons. The third kappa shape index (κ3) is 1.68. The van der Waals surface area contributed by atoms with E-state index in [-0.39, 0.29) is 6.04 Å². The zero-order chi connectivity index (χ0) is 11.7. The van der Waals surface area contributed by atoms with Crippen molar-refractivity contribution >= 4 is 5.70 Å². The van der Waals surface area contributed by atoms with Gasteiger partial charge in [0, 0.05) is 23.7 Å². The summed E-state index contributed by atoms with van der Waals surface area (Å²) in [6.07, 6.45) is 14.4. The van der Waals surface area contributed by atoms with Gasteiger partial charge in [-0.2, -0.15) is 0 Å². The number of fused-ring (bicyclic) bond motifs is 3. The lowest BCUT2D eigenvalue weighted by atomic mass is 9.95. The Balaban J connectivity index is 2.20. The molecule has 1 aromatic rings. The smallest absolute Gasteiger partial charge is 0.0773 e. The van der Waals surface area contributed by atoms with Gasteiger partial charge in [-0.25, -0.2) is 0 Å². The zero-order valence-corrected chi connectivity index (χ0v) is 9.45. The molecule has 0 saturated carbocycles. The molecule has 2 aliphatic rings. The van der Waals surface area contributed by atoms with Crippen molar-refractivity contribution in [2.75, 3.05) is 0 Å². The van der Waals surface area contributed by atoms with Crippen LogP contribution in [-0.2, 0) is 0 Å². The van der Waals surface area contributed by atoms with Gasteiger partial charge in [0.2, 0.25) is 0 Å². The van der Waals surface area contributed by atoms with Crippen LogP contribution in [0.5, 0.6) is 0 Å². The first kappa shape index (κ1) is 9.97. The van der Waals surface area contributed by atoms with Crippen LogP contribution in [0.3, 0.4) is 0 Å². The van der Waals surface area contributed by atoms with Crippen LogP contribution in [0, 0.1) is 0 Å². The predicted octanol–water partition coefficient (Wildman–Crippen LogP) is 2.94. The van der Waals surface area contributed by atoms with Crippen molar-refractivity contribution in [3.63, 3.8) is 0 Å². The molecule has 2 nitrogen and oxygen atoms in total. The van der Waals surface area contributed by atoms with Crippen molar-refractivity contribution in [2.45, 2.75) is 6.04 Å². The Morgan fingerprint density at radius 3 is 2.76 bits per heavy atom. The minimum absolute atomic E-state index is 0.236. The normalized spacial score (nSPS) is 26.2. The van der Waals surface area contributed by atoms with Crippen molar-refractivity contribution in [3.8, 4) is 0 Å². The molecular formula is C15H14N2. The van der Waals surface area contributed by atoms with E-state index in [4.69, 9.17) is 5.73 Å². The molecule has 0 aliphatic carbocycles. The predicted molar refractivity (Wildman–Crippen MR) is 70.6 cm³/mol. The van der Waals surface area contributed by atoms with Gasteiger partial charge in [-0.1, -0.05) is 36.4 Å². The molecule has 17 heavy (non-hydrogen) atoms. The van der Waals surface area contributed by atoms with E-state index >= 15 is 0 Å². The number of hydrogen-bond acceptors (Lipinski definition) is 2. The van der Waals surface area contributed by atoms with Crippen molar-refractivity contribution in [3.05, 3.63) is 78.2 Å². The van der Waals surface area contributed by atoms with Gasteiger partial charge in [-0.15, -0.1) is 0 Å². The summed E-state index contributed by atoms with van der Waals surface area (Å²) in [5, 5.41) is 0. The standard InChI is InChI=1S/C15H14N2/c16-14-8-5-11-17-10-4-3-9-15(17)13-7-2-1-6-12(13)14/h1-11,15H,16H2/b11-5-,14-8+. The highest BCUT2D eigenvalue weighted by molar-refractivity contribution is 5.68. The average molecular weight is 222 g/mol.